The Hall–Kier alpha value is -8.02. The summed E-state index contributed by atoms with van der Waals surface area (Å²) >= 11 is 3.69. The van der Waals surface area contributed by atoms with Crippen molar-refractivity contribution in [3.63, 3.8) is 0 Å². The summed E-state index contributed by atoms with van der Waals surface area (Å²) in [6, 6.07) is 90.0. The van der Waals surface area contributed by atoms with Crippen LogP contribution in [-0.4, -0.2) is 0 Å². The SMILES string of the molecule is c1ccc2c(c1)Sc1ccccc1N2c1ccc2c(-c3cccc4ccccc34)c3cc(N4c5ccccc5Sc5ccccc54)ccc3c(-c3ccccc3-c3cccc4ccccc34)c2c1. The van der Waals surface area contributed by atoms with Crippen molar-refractivity contribution < 1.29 is 0 Å². The van der Waals surface area contributed by atoms with Crippen LogP contribution in [0.2, 0.25) is 0 Å². The Bertz CT molecular complexity index is 3920. The molecule has 2 aliphatic heterocycles. The molecule has 0 bridgehead atoms. The fraction of sp³-hybridized carbons (Fsp3) is 0. The highest BCUT2D eigenvalue weighted by atomic mass is 32.2. The molecule has 2 heterocycles. The van der Waals surface area contributed by atoms with Gasteiger partial charge in [0.15, 0.2) is 0 Å². The molecule has 0 N–H and O–H groups in total. The van der Waals surface area contributed by atoms with E-state index < -0.39 is 0 Å². The third-order valence-corrected chi connectivity index (χ3v) is 16.1. The lowest BCUT2D eigenvalue weighted by Crippen LogP contribution is -2.15. The first-order valence-electron chi connectivity index (χ1n) is 23.2. The molecule has 4 heteroatoms. The van der Waals surface area contributed by atoms with Gasteiger partial charge < -0.3 is 9.80 Å². The summed E-state index contributed by atoms with van der Waals surface area (Å²) in [5.41, 5.74) is 14.3. The van der Waals surface area contributed by atoms with Crippen LogP contribution in [0.15, 0.2) is 262 Å². The van der Waals surface area contributed by atoms with Crippen molar-refractivity contribution >= 4 is 101 Å². The number of hydrogen-bond acceptors (Lipinski definition) is 4. The zero-order valence-corrected chi connectivity index (χ0v) is 38.4. The molecule has 14 rings (SSSR count). The first kappa shape index (κ1) is 39.2. The van der Waals surface area contributed by atoms with Gasteiger partial charge in [-0.3, -0.25) is 0 Å². The van der Waals surface area contributed by atoms with Crippen molar-refractivity contribution in [2.24, 2.45) is 0 Å². The average molecular weight is 901 g/mol. The molecule has 2 nitrogen and oxygen atoms in total. The van der Waals surface area contributed by atoms with Crippen LogP contribution >= 0.6 is 23.5 Å². The smallest absolute Gasteiger partial charge is 0.0601 e. The number of para-hydroxylation sites is 4. The van der Waals surface area contributed by atoms with Crippen molar-refractivity contribution in [3.05, 3.63) is 243 Å². The Morgan fingerprint density at radius 3 is 1.09 bits per heavy atom. The molecule has 0 aliphatic carbocycles. The standard InChI is InChI=1S/C64H40N2S2/c1-3-21-45-41(17-1)19-15-25-47(45)48-23-5-6-24-50(48)64-52-38-36-43(65-55-27-7-11-31-59(55)67-60-32-12-8-28-56(60)65)39-53(52)63(49-26-16-20-42-18-2-4-22-46(42)49)51-37-35-44(40-54(51)64)66-57-29-9-13-33-61(57)68-62-34-14-10-30-58(62)66/h1-40H. The van der Waals surface area contributed by atoms with Gasteiger partial charge in [-0.1, -0.05) is 193 Å². The van der Waals surface area contributed by atoms with Gasteiger partial charge in [0.25, 0.3) is 0 Å². The Balaban J connectivity index is 1.14. The Morgan fingerprint density at radius 2 is 0.588 bits per heavy atom. The number of anilines is 6. The Kier molecular flexibility index (Phi) is 9.11. The van der Waals surface area contributed by atoms with Gasteiger partial charge in [0.05, 0.1) is 22.7 Å². The van der Waals surface area contributed by atoms with E-state index in [0.717, 1.165) is 11.4 Å². The van der Waals surface area contributed by atoms with Crippen LogP contribution in [0.4, 0.5) is 34.1 Å². The summed E-state index contributed by atoms with van der Waals surface area (Å²) in [4.78, 5) is 9.92. The molecule has 318 valence electrons. The van der Waals surface area contributed by atoms with E-state index in [0.29, 0.717) is 0 Å². The molecule has 0 unspecified atom stereocenters. The van der Waals surface area contributed by atoms with Crippen LogP contribution in [0.3, 0.4) is 0 Å². The van der Waals surface area contributed by atoms with Gasteiger partial charge in [0, 0.05) is 31.0 Å². The molecule has 12 aromatic rings. The van der Waals surface area contributed by atoms with E-state index in [2.05, 4.69) is 252 Å². The first-order chi connectivity index (χ1) is 33.7. The van der Waals surface area contributed by atoms with E-state index in [1.54, 1.807) is 0 Å². The molecule has 0 spiro atoms. The monoisotopic (exact) mass is 900 g/mol. The topological polar surface area (TPSA) is 6.48 Å². The summed E-state index contributed by atoms with van der Waals surface area (Å²) < 4.78 is 0. The predicted molar refractivity (Wildman–Crippen MR) is 290 cm³/mol. The second-order valence-electron chi connectivity index (χ2n) is 17.6. The number of fused-ring (bicyclic) bond motifs is 8. The average Bonchev–Trinajstić information content (AvgIpc) is 3.40. The van der Waals surface area contributed by atoms with E-state index in [1.165, 1.54) is 119 Å². The maximum Gasteiger partial charge on any atom is 0.0601 e. The van der Waals surface area contributed by atoms with Gasteiger partial charge in [-0.05, 0) is 149 Å². The summed E-state index contributed by atoms with van der Waals surface area (Å²) in [5.74, 6) is 0. The van der Waals surface area contributed by atoms with Crippen LogP contribution in [0.5, 0.6) is 0 Å². The molecule has 2 aliphatic rings. The van der Waals surface area contributed by atoms with E-state index in [4.69, 9.17) is 0 Å². The van der Waals surface area contributed by atoms with Crippen molar-refractivity contribution in [3.8, 4) is 33.4 Å². The van der Waals surface area contributed by atoms with Crippen LogP contribution < -0.4 is 9.80 Å². The molecule has 0 amide bonds. The van der Waals surface area contributed by atoms with Crippen molar-refractivity contribution in [2.75, 3.05) is 9.80 Å². The highest BCUT2D eigenvalue weighted by Crippen LogP contribution is 2.56. The molecule has 12 aromatic carbocycles. The van der Waals surface area contributed by atoms with Crippen molar-refractivity contribution in [1.82, 2.24) is 0 Å². The summed E-state index contributed by atoms with van der Waals surface area (Å²) in [7, 11) is 0. The molecule has 0 fully saturated rings. The normalized spacial score (nSPS) is 12.8. The van der Waals surface area contributed by atoms with E-state index in [-0.39, 0.29) is 0 Å². The highest BCUT2D eigenvalue weighted by molar-refractivity contribution is 8.00. The molecular formula is C64H40N2S2. The van der Waals surface area contributed by atoms with Gasteiger partial charge >= 0.3 is 0 Å². The quantitative estimate of drug-likeness (QED) is 0.159. The minimum atomic E-state index is 1.13. The largest absolute Gasteiger partial charge is 0.308 e. The van der Waals surface area contributed by atoms with Gasteiger partial charge in [-0.15, -0.1) is 0 Å². The molecule has 0 saturated carbocycles. The lowest BCUT2D eigenvalue weighted by molar-refractivity contribution is 1.17. The fourth-order valence-electron chi connectivity index (χ4n) is 10.9. The maximum atomic E-state index is 2.48. The molecule has 68 heavy (non-hydrogen) atoms. The van der Waals surface area contributed by atoms with Gasteiger partial charge in [-0.2, -0.15) is 0 Å². The lowest BCUT2D eigenvalue weighted by atomic mass is 9.82. The van der Waals surface area contributed by atoms with Crippen LogP contribution in [-0.2, 0) is 0 Å². The summed E-state index contributed by atoms with van der Waals surface area (Å²) in [6.07, 6.45) is 0. The third kappa shape index (κ3) is 6.15. The Morgan fingerprint density at radius 1 is 0.235 bits per heavy atom. The van der Waals surface area contributed by atoms with Crippen LogP contribution in [0.25, 0.3) is 76.5 Å². The Labute approximate surface area is 403 Å². The number of benzene rings is 12. The van der Waals surface area contributed by atoms with Crippen LogP contribution in [0.1, 0.15) is 0 Å². The zero-order chi connectivity index (χ0) is 44.7. The van der Waals surface area contributed by atoms with E-state index in [9.17, 15) is 0 Å². The van der Waals surface area contributed by atoms with Gasteiger partial charge in [0.1, 0.15) is 0 Å². The number of rotatable bonds is 5. The molecule has 0 atom stereocenters. The second-order valence-corrected chi connectivity index (χ2v) is 19.7. The molecule has 0 radical (unpaired) electrons. The maximum absolute atomic E-state index is 2.48. The molecule has 0 saturated heterocycles. The minimum absolute atomic E-state index is 1.13. The zero-order valence-electron chi connectivity index (χ0n) is 36.8. The van der Waals surface area contributed by atoms with Crippen molar-refractivity contribution in [1.29, 1.82) is 0 Å². The number of nitrogens with zero attached hydrogens (tertiary/aromatic N) is 2. The second kappa shape index (κ2) is 15.8. The fourth-order valence-corrected chi connectivity index (χ4v) is 13.0. The lowest BCUT2D eigenvalue weighted by Gasteiger charge is -2.34. The van der Waals surface area contributed by atoms with E-state index in [1.807, 2.05) is 23.5 Å². The summed E-state index contributed by atoms with van der Waals surface area (Å²) in [6.45, 7) is 0. The summed E-state index contributed by atoms with van der Waals surface area (Å²) in [5, 5.41) is 9.75. The molecular weight excluding hydrogens is 861 g/mol. The van der Waals surface area contributed by atoms with Gasteiger partial charge in [-0.25, -0.2) is 0 Å². The highest BCUT2D eigenvalue weighted by Gasteiger charge is 2.29. The number of hydrogen-bond donors (Lipinski definition) is 0. The molecule has 0 aromatic heterocycles. The minimum Gasteiger partial charge on any atom is -0.308 e. The third-order valence-electron chi connectivity index (χ3n) is 13.8. The van der Waals surface area contributed by atoms with E-state index >= 15 is 0 Å². The van der Waals surface area contributed by atoms with Gasteiger partial charge in [0.2, 0.25) is 0 Å². The predicted octanol–water partition coefficient (Wildman–Crippen LogP) is 19.2. The van der Waals surface area contributed by atoms with Crippen molar-refractivity contribution in [2.45, 2.75) is 19.6 Å². The first-order valence-corrected chi connectivity index (χ1v) is 24.8. The van der Waals surface area contributed by atoms with Crippen LogP contribution in [0, 0.1) is 0 Å².